The van der Waals surface area contributed by atoms with E-state index in [9.17, 15) is 4.79 Å². The lowest BCUT2D eigenvalue weighted by Gasteiger charge is -2.39. The van der Waals surface area contributed by atoms with E-state index in [1.165, 1.54) is 12.8 Å². The number of carbonyl (C=O) groups excluding carboxylic acids is 1. The molecule has 1 heterocycles. The molecule has 0 unspecified atom stereocenters. The first kappa shape index (κ1) is 13.3. The molecule has 1 saturated heterocycles. The van der Waals surface area contributed by atoms with Gasteiger partial charge in [-0.15, -0.1) is 0 Å². The number of piperidine rings is 1. The Morgan fingerprint density at radius 1 is 1.38 bits per heavy atom. The third-order valence-electron chi connectivity index (χ3n) is 3.52. The molecule has 3 nitrogen and oxygen atoms in total. The normalized spacial score (nSPS) is 19.9. The molecule has 0 saturated carbocycles. The van der Waals surface area contributed by atoms with Gasteiger partial charge < -0.3 is 10.2 Å². The van der Waals surface area contributed by atoms with Crippen LogP contribution >= 0.6 is 0 Å². The number of urea groups is 1. The van der Waals surface area contributed by atoms with Crippen molar-refractivity contribution in [3.8, 4) is 0 Å². The molecule has 0 spiro atoms. The Morgan fingerprint density at radius 2 is 1.94 bits per heavy atom. The van der Waals surface area contributed by atoms with Crippen LogP contribution in [0.1, 0.15) is 53.4 Å². The van der Waals surface area contributed by atoms with Crippen molar-refractivity contribution < 1.29 is 4.79 Å². The molecule has 16 heavy (non-hydrogen) atoms. The Labute approximate surface area is 99.6 Å². The summed E-state index contributed by atoms with van der Waals surface area (Å²) in [6.45, 7) is 10.4. The summed E-state index contributed by atoms with van der Waals surface area (Å²) < 4.78 is 0. The van der Waals surface area contributed by atoms with Crippen molar-refractivity contribution in [2.24, 2.45) is 5.41 Å². The van der Waals surface area contributed by atoms with Crippen LogP contribution in [-0.2, 0) is 0 Å². The standard InChI is InChI=1S/C13H26N2O/c1-5-6-13(4)7-9-15(10-8-13)12(16)14-11(2)3/h11H,5-10H2,1-4H3,(H,14,16). The third kappa shape index (κ3) is 3.69. The highest BCUT2D eigenvalue weighted by Crippen LogP contribution is 2.35. The Bertz CT molecular complexity index is 230. The molecule has 94 valence electrons. The van der Waals surface area contributed by atoms with Gasteiger partial charge in [0.2, 0.25) is 0 Å². The second kappa shape index (κ2) is 5.55. The second-order valence-corrected chi connectivity index (χ2v) is 5.65. The van der Waals surface area contributed by atoms with Gasteiger partial charge in [-0.2, -0.15) is 0 Å². The molecule has 0 aromatic carbocycles. The number of rotatable bonds is 3. The van der Waals surface area contributed by atoms with Crippen LogP contribution in [0, 0.1) is 5.41 Å². The van der Waals surface area contributed by atoms with Crippen LogP contribution in [0.25, 0.3) is 0 Å². The van der Waals surface area contributed by atoms with Gasteiger partial charge in [0.05, 0.1) is 0 Å². The van der Waals surface area contributed by atoms with Gasteiger partial charge in [0.1, 0.15) is 0 Å². The van der Waals surface area contributed by atoms with E-state index in [1.807, 2.05) is 18.7 Å². The van der Waals surface area contributed by atoms with Crippen LogP contribution < -0.4 is 5.32 Å². The molecular weight excluding hydrogens is 200 g/mol. The third-order valence-corrected chi connectivity index (χ3v) is 3.52. The summed E-state index contributed by atoms with van der Waals surface area (Å²) in [7, 11) is 0. The predicted octanol–water partition coefficient (Wildman–Crippen LogP) is 3.01. The molecular formula is C13H26N2O. The maximum atomic E-state index is 11.8. The van der Waals surface area contributed by atoms with Crippen molar-refractivity contribution in [3.05, 3.63) is 0 Å². The van der Waals surface area contributed by atoms with Crippen LogP contribution in [0.2, 0.25) is 0 Å². The van der Waals surface area contributed by atoms with Crippen LogP contribution in [0.15, 0.2) is 0 Å². The first-order valence-corrected chi connectivity index (χ1v) is 6.52. The fraction of sp³-hybridized carbons (Fsp3) is 0.923. The molecule has 3 heteroatoms. The highest BCUT2D eigenvalue weighted by atomic mass is 16.2. The fourth-order valence-corrected chi connectivity index (χ4v) is 2.44. The van der Waals surface area contributed by atoms with Gasteiger partial charge in [-0.1, -0.05) is 20.3 Å². The summed E-state index contributed by atoms with van der Waals surface area (Å²) in [6.07, 6.45) is 4.82. The molecule has 1 rings (SSSR count). The van der Waals surface area contributed by atoms with E-state index < -0.39 is 0 Å². The van der Waals surface area contributed by atoms with E-state index in [1.54, 1.807) is 0 Å². The Morgan fingerprint density at radius 3 is 2.38 bits per heavy atom. The largest absolute Gasteiger partial charge is 0.336 e. The first-order chi connectivity index (χ1) is 7.47. The zero-order valence-electron chi connectivity index (χ0n) is 11.2. The van der Waals surface area contributed by atoms with Crippen molar-refractivity contribution in [2.45, 2.75) is 59.4 Å². The molecule has 0 aromatic heterocycles. The van der Waals surface area contributed by atoms with E-state index in [2.05, 4.69) is 19.2 Å². The minimum atomic E-state index is 0.105. The highest BCUT2D eigenvalue weighted by Gasteiger charge is 2.30. The van der Waals surface area contributed by atoms with E-state index in [0.29, 0.717) is 5.41 Å². The Balaban J connectivity index is 2.39. The van der Waals surface area contributed by atoms with Crippen molar-refractivity contribution in [3.63, 3.8) is 0 Å². The molecule has 0 atom stereocenters. The van der Waals surface area contributed by atoms with Gasteiger partial charge in [0, 0.05) is 19.1 Å². The van der Waals surface area contributed by atoms with E-state index in [4.69, 9.17) is 0 Å². The van der Waals surface area contributed by atoms with E-state index in [0.717, 1.165) is 25.9 Å². The number of amides is 2. The lowest BCUT2D eigenvalue weighted by atomic mass is 9.77. The van der Waals surface area contributed by atoms with Crippen LogP contribution in [0.3, 0.4) is 0 Å². The van der Waals surface area contributed by atoms with Gasteiger partial charge in [-0.25, -0.2) is 4.79 Å². The molecule has 0 aromatic rings. The minimum absolute atomic E-state index is 0.105. The Hall–Kier alpha value is -0.730. The maximum absolute atomic E-state index is 11.8. The number of carbonyl (C=O) groups is 1. The smallest absolute Gasteiger partial charge is 0.317 e. The van der Waals surface area contributed by atoms with Gasteiger partial charge >= 0.3 is 6.03 Å². The second-order valence-electron chi connectivity index (χ2n) is 5.65. The lowest BCUT2D eigenvalue weighted by Crippen LogP contribution is -2.48. The van der Waals surface area contributed by atoms with Crippen LogP contribution in [0.5, 0.6) is 0 Å². The van der Waals surface area contributed by atoms with Crippen molar-refractivity contribution in [2.75, 3.05) is 13.1 Å². The summed E-state index contributed by atoms with van der Waals surface area (Å²) in [5, 5.41) is 2.96. The average molecular weight is 226 g/mol. The topological polar surface area (TPSA) is 32.3 Å². The quantitative estimate of drug-likeness (QED) is 0.788. The summed E-state index contributed by atoms with van der Waals surface area (Å²) in [6, 6.07) is 0.338. The SMILES string of the molecule is CCCC1(C)CCN(C(=O)NC(C)C)CC1. The zero-order valence-corrected chi connectivity index (χ0v) is 11.2. The summed E-state index contributed by atoms with van der Waals surface area (Å²) in [5.74, 6) is 0. The van der Waals surface area contributed by atoms with E-state index >= 15 is 0 Å². The predicted molar refractivity (Wildman–Crippen MR) is 67.5 cm³/mol. The van der Waals surface area contributed by atoms with Crippen molar-refractivity contribution in [1.82, 2.24) is 10.2 Å². The molecule has 1 N–H and O–H groups in total. The van der Waals surface area contributed by atoms with Crippen LogP contribution in [-0.4, -0.2) is 30.1 Å². The summed E-state index contributed by atoms with van der Waals surface area (Å²) in [5.41, 5.74) is 0.462. The minimum Gasteiger partial charge on any atom is -0.336 e. The average Bonchev–Trinajstić information content (AvgIpc) is 2.17. The van der Waals surface area contributed by atoms with Gasteiger partial charge in [-0.3, -0.25) is 0 Å². The first-order valence-electron chi connectivity index (χ1n) is 6.52. The monoisotopic (exact) mass is 226 g/mol. The number of likely N-dealkylation sites (tertiary alicyclic amines) is 1. The summed E-state index contributed by atoms with van der Waals surface area (Å²) in [4.78, 5) is 13.7. The van der Waals surface area contributed by atoms with Crippen molar-refractivity contribution >= 4 is 6.03 Å². The molecule has 0 bridgehead atoms. The lowest BCUT2D eigenvalue weighted by molar-refractivity contribution is 0.120. The van der Waals surface area contributed by atoms with E-state index in [-0.39, 0.29) is 12.1 Å². The number of nitrogens with zero attached hydrogens (tertiary/aromatic N) is 1. The molecule has 2 amide bonds. The van der Waals surface area contributed by atoms with Gasteiger partial charge in [-0.05, 0) is 38.5 Å². The summed E-state index contributed by atoms with van der Waals surface area (Å²) >= 11 is 0. The maximum Gasteiger partial charge on any atom is 0.317 e. The van der Waals surface area contributed by atoms with Gasteiger partial charge in [0.15, 0.2) is 0 Å². The van der Waals surface area contributed by atoms with Gasteiger partial charge in [0.25, 0.3) is 0 Å². The zero-order chi connectivity index (χ0) is 12.2. The highest BCUT2D eigenvalue weighted by molar-refractivity contribution is 5.74. The molecule has 0 radical (unpaired) electrons. The Kier molecular flexibility index (Phi) is 4.63. The molecule has 1 fully saturated rings. The molecule has 0 aliphatic carbocycles. The number of nitrogens with one attached hydrogen (secondary N) is 1. The number of hydrogen-bond donors (Lipinski definition) is 1. The van der Waals surface area contributed by atoms with Crippen LogP contribution in [0.4, 0.5) is 4.79 Å². The molecule has 1 aliphatic heterocycles. The molecule has 1 aliphatic rings. The fourth-order valence-electron chi connectivity index (χ4n) is 2.44. The number of hydrogen-bond acceptors (Lipinski definition) is 1. The van der Waals surface area contributed by atoms with Crippen molar-refractivity contribution in [1.29, 1.82) is 0 Å².